The highest BCUT2D eigenvalue weighted by molar-refractivity contribution is 7.98. The van der Waals surface area contributed by atoms with Gasteiger partial charge in [-0.15, -0.1) is 21.5 Å². The molecule has 22 heavy (non-hydrogen) atoms. The molecule has 0 atom stereocenters. The van der Waals surface area contributed by atoms with Crippen LogP contribution in [-0.4, -0.2) is 19.7 Å². The Hall–Kier alpha value is -1.66. The van der Waals surface area contributed by atoms with Crippen LogP contribution >= 0.6 is 23.1 Å². The molecule has 4 rings (SSSR count). The summed E-state index contributed by atoms with van der Waals surface area (Å²) in [5.74, 6) is 1.98. The van der Waals surface area contributed by atoms with Gasteiger partial charge < -0.3 is 4.57 Å². The van der Waals surface area contributed by atoms with Gasteiger partial charge in [0.15, 0.2) is 5.16 Å². The molecule has 6 heteroatoms. The van der Waals surface area contributed by atoms with Gasteiger partial charge in [0.05, 0.1) is 0 Å². The molecule has 112 valence electrons. The molecule has 0 N–H and O–H groups in total. The van der Waals surface area contributed by atoms with Gasteiger partial charge in [-0.2, -0.15) is 0 Å². The molecule has 0 unspecified atom stereocenters. The maximum absolute atomic E-state index is 4.45. The molecule has 1 saturated carbocycles. The average molecular weight is 328 g/mol. The molecule has 0 amide bonds. The standard InChI is InChI=1S/C16H16N4S2/c1-3-12(10-17-7-1)11-22-16-19-18-15(20(16)13-5-6-13)9-14-4-2-8-21-14/h1-4,7-8,10,13H,5-6,9,11H2. The maximum Gasteiger partial charge on any atom is 0.191 e. The van der Waals surface area contributed by atoms with E-state index in [1.165, 1.54) is 23.3 Å². The molecule has 0 spiro atoms. The number of thiophene rings is 1. The van der Waals surface area contributed by atoms with Crippen molar-refractivity contribution in [3.63, 3.8) is 0 Å². The molecule has 0 aliphatic heterocycles. The zero-order valence-corrected chi connectivity index (χ0v) is 13.7. The van der Waals surface area contributed by atoms with Crippen molar-refractivity contribution in [1.29, 1.82) is 0 Å². The number of rotatable bonds is 6. The first-order chi connectivity index (χ1) is 10.9. The lowest BCUT2D eigenvalue weighted by Crippen LogP contribution is -2.03. The topological polar surface area (TPSA) is 43.6 Å². The minimum absolute atomic E-state index is 0.598. The Balaban J connectivity index is 1.53. The number of hydrogen-bond donors (Lipinski definition) is 0. The van der Waals surface area contributed by atoms with Crippen LogP contribution in [0, 0.1) is 0 Å². The van der Waals surface area contributed by atoms with Gasteiger partial charge in [0.2, 0.25) is 0 Å². The molecule has 1 fully saturated rings. The predicted molar refractivity (Wildman–Crippen MR) is 89.2 cm³/mol. The second-order valence-electron chi connectivity index (χ2n) is 5.41. The second-order valence-corrected chi connectivity index (χ2v) is 7.38. The van der Waals surface area contributed by atoms with Gasteiger partial charge in [-0.3, -0.25) is 4.98 Å². The zero-order chi connectivity index (χ0) is 14.8. The lowest BCUT2D eigenvalue weighted by molar-refractivity contribution is 0.635. The van der Waals surface area contributed by atoms with Gasteiger partial charge in [0.25, 0.3) is 0 Å². The van der Waals surface area contributed by atoms with Crippen molar-refractivity contribution >= 4 is 23.1 Å². The summed E-state index contributed by atoms with van der Waals surface area (Å²) in [5, 5.41) is 12.0. The normalized spacial score (nSPS) is 14.4. The van der Waals surface area contributed by atoms with Crippen LogP contribution in [0.25, 0.3) is 0 Å². The molecular weight excluding hydrogens is 312 g/mol. The maximum atomic E-state index is 4.45. The fraction of sp³-hybridized carbons (Fsp3) is 0.312. The third-order valence-electron chi connectivity index (χ3n) is 3.65. The van der Waals surface area contributed by atoms with E-state index in [-0.39, 0.29) is 0 Å². The van der Waals surface area contributed by atoms with E-state index in [9.17, 15) is 0 Å². The fourth-order valence-electron chi connectivity index (χ4n) is 2.43. The van der Waals surface area contributed by atoms with Gasteiger partial charge in [-0.25, -0.2) is 0 Å². The number of pyridine rings is 1. The van der Waals surface area contributed by atoms with Crippen LogP contribution in [0.1, 0.15) is 35.1 Å². The Bertz CT molecular complexity index is 733. The van der Waals surface area contributed by atoms with E-state index in [2.05, 4.69) is 43.3 Å². The number of aromatic nitrogens is 4. The van der Waals surface area contributed by atoms with Crippen molar-refractivity contribution in [2.45, 2.75) is 36.2 Å². The molecule has 3 heterocycles. The summed E-state index contributed by atoms with van der Waals surface area (Å²) in [6.07, 6.45) is 7.10. The summed E-state index contributed by atoms with van der Waals surface area (Å²) < 4.78 is 2.35. The SMILES string of the molecule is c1cncc(CSc2nnc(Cc3cccs3)n2C2CC2)c1. The lowest BCUT2D eigenvalue weighted by Gasteiger charge is -2.08. The molecule has 0 bridgehead atoms. The van der Waals surface area contributed by atoms with E-state index in [1.54, 1.807) is 29.3 Å². The third-order valence-corrected chi connectivity index (χ3v) is 5.54. The average Bonchev–Trinajstić information content (AvgIpc) is 3.11. The van der Waals surface area contributed by atoms with Crippen LogP contribution in [0.3, 0.4) is 0 Å². The molecule has 0 radical (unpaired) electrons. The van der Waals surface area contributed by atoms with Crippen LogP contribution in [-0.2, 0) is 12.2 Å². The van der Waals surface area contributed by atoms with E-state index < -0.39 is 0 Å². The number of nitrogens with zero attached hydrogens (tertiary/aromatic N) is 4. The van der Waals surface area contributed by atoms with Crippen molar-refractivity contribution < 1.29 is 0 Å². The summed E-state index contributed by atoms with van der Waals surface area (Å²) in [5.41, 5.74) is 1.22. The summed E-state index contributed by atoms with van der Waals surface area (Å²) in [4.78, 5) is 5.51. The molecule has 0 aromatic carbocycles. The Morgan fingerprint density at radius 3 is 2.91 bits per heavy atom. The van der Waals surface area contributed by atoms with Crippen LogP contribution in [0.4, 0.5) is 0 Å². The van der Waals surface area contributed by atoms with Crippen LogP contribution in [0.2, 0.25) is 0 Å². The largest absolute Gasteiger partial charge is 0.303 e. The molecule has 4 nitrogen and oxygen atoms in total. The lowest BCUT2D eigenvalue weighted by atomic mass is 10.3. The Kier molecular flexibility index (Phi) is 3.95. The molecular formula is C16H16N4S2. The first-order valence-electron chi connectivity index (χ1n) is 7.38. The zero-order valence-electron chi connectivity index (χ0n) is 12.1. The molecule has 3 aromatic heterocycles. The highest BCUT2D eigenvalue weighted by Crippen LogP contribution is 2.39. The highest BCUT2D eigenvalue weighted by atomic mass is 32.2. The fourth-order valence-corrected chi connectivity index (χ4v) is 4.09. The summed E-state index contributed by atoms with van der Waals surface area (Å²) in [6.45, 7) is 0. The van der Waals surface area contributed by atoms with Crippen molar-refractivity contribution in [2.24, 2.45) is 0 Å². The van der Waals surface area contributed by atoms with Crippen molar-refractivity contribution in [2.75, 3.05) is 0 Å². The van der Waals surface area contributed by atoms with E-state index in [0.717, 1.165) is 23.2 Å². The van der Waals surface area contributed by atoms with Crippen molar-refractivity contribution in [3.8, 4) is 0 Å². The Morgan fingerprint density at radius 1 is 1.23 bits per heavy atom. The quantitative estimate of drug-likeness (QED) is 0.643. The predicted octanol–water partition coefficient (Wildman–Crippen LogP) is 3.95. The first-order valence-corrected chi connectivity index (χ1v) is 9.24. The molecule has 1 aliphatic carbocycles. The van der Waals surface area contributed by atoms with E-state index in [1.807, 2.05) is 12.3 Å². The van der Waals surface area contributed by atoms with E-state index >= 15 is 0 Å². The van der Waals surface area contributed by atoms with E-state index in [0.29, 0.717) is 6.04 Å². The van der Waals surface area contributed by atoms with Crippen molar-refractivity contribution in [3.05, 3.63) is 58.3 Å². The van der Waals surface area contributed by atoms with Crippen LogP contribution in [0.15, 0.2) is 47.2 Å². The molecule has 0 saturated heterocycles. The third kappa shape index (κ3) is 3.08. The van der Waals surface area contributed by atoms with Gasteiger partial charge in [-0.05, 0) is 35.9 Å². The highest BCUT2D eigenvalue weighted by Gasteiger charge is 2.29. The van der Waals surface area contributed by atoms with Gasteiger partial charge in [-0.1, -0.05) is 23.9 Å². The number of hydrogen-bond acceptors (Lipinski definition) is 5. The van der Waals surface area contributed by atoms with Gasteiger partial charge in [0, 0.05) is 35.5 Å². The van der Waals surface area contributed by atoms with Crippen molar-refractivity contribution in [1.82, 2.24) is 19.7 Å². The first kappa shape index (κ1) is 14.0. The summed E-state index contributed by atoms with van der Waals surface area (Å²) in [6, 6.07) is 8.93. The monoisotopic (exact) mass is 328 g/mol. The smallest absolute Gasteiger partial charge is 0.191 e. The van der Waals surface area contributed by atoms with Crippen LogP contribution in [0.5, 0.6) is 0 Å². The minimum Gasteiger partial charge on any atom is -0.303 e. The van der Waals surface area contributed by atoms with Crippen LogP contribution < -0.4 is 0 Å². The van der Waals surface area contributed by atoms with Gasteiger partial charge >= 0.3 is 0 Å². The second kappa shape index (κ2) is 6.22. The van der Waals surface area contributed by atoms with Gasteiger partial charge in [0.1, 0.15) is 5.82 Å². The minimum atomic E-state index is 0.598. The molecule has 1 aliphatic rings. The Labute approximate surface area is 137 Å². The molecule has 3 aromatic rings. The summed E-state index contributed by atoms with van der Waals surface area (Å²) in [7, 11) is 0. The van der Waals surface area contributed by atoms with E-state index in [4.69, 9.17) is 0 Å². The Morgan fingerprint density at radius 2 is 2.18 bits per heavy atom. The number of thioether (sulfide) groups is 1. The summed E-state index contributed by atoms with van der Waals surface area (Å²) >= 11 is 3.54.